The highest BCUT2D eigenvalue weighted by molar-refractivity contribution is 5.67. The Morgan fingerprint density at radius 3 is 2.79 bits per heavy atom. The molecule has 3 aromatic rings. The van der Waals surface area contributed by atoms with E-state index >= 15 is 0 Å². The van der Waals surface area contributed by atoms with Crippen molar-refractivity contribution in [2.24, 2.45) is 5.73 Å². The number of carboxylic acid groups (broad SMARTS) is 1. The van der Waals surface area contributed by atoms with E-state index in [0.29, 0.717) is 18.6 Å². The fourth-order valence-electron chi connectivity index (χ4n) is 2.52. The van der Waals surface area contributed by atoms with Gasteiger partial charge in [-0.3, -0.25) is 9.78 Å². The minimum absolute atomic E-state index is 0.0952. The van der Waals surface area contributed by atoms with Gasteiger partial charge in [0.15, 0.2) is 11.6 Å². The van der Waals surface area contributed by atoms with Gasteiger partial charge in [0.25, 0.3) is 0 Å². The predicted molar refractivity (Wildman–Crippen MR) is 96.9 cm³/mol. The highest BCUT2D eigenvalue weighted by Gasteiger charge is 2.14. The van der Waals surface area contributed by atoms with Crippen LogP contribution in [0, 0.1) is 5.82 Å². The van der Waals surface area contributed by atoms with Gasteiger partial charge in [-0.2, -0.15) is 4.80 Å². The maximum atomic E-state index is 14.3. The topological polar surface area (TPSA) is 129 Å². The van der Waals surface area contributed by atoms with Crippen molar-refractivity contribution >= 4 is 5.97 Å². The second-order valence-electron chi connectivity index (χ2n) is 6.12. The number of aromatic nitrogens is 5. The van der Waals surface area contributed by atoms with Crippen molar-refractivity contribution in [2.75, 3.05) is 6.61 Å². The molecule has 0 radical (unpaired) electrons. The van der Waals surface area contributed by atoms with Gasteiger partial charge in [-0.15, -0.1) is 10.2 Å². The number of pyridine rings is 1. The lowest BCUT2D eigenvalue weighted by molar-refractivity contribution is -0.137. The number of nitrogens with two attached hydrogens (primary N) is 1. The summed E-state index contributed by atoms with van der Waals surface area (Å²) in [7, 11) is 0. The van der Waals surface area contributed by atoms with Crippen LogP contribution >= 0.6 is 0 Å². The molecule has 1 atom stereocenters. The van der Waals surface area contributed by atoms with Gasteiger partial charge < -0.3 is 15.6 Å². The van der Waals surface area contributed by atoms with Crippen molar-refractivity contribution in [1.82, 2.24) is 25.2 Å². The summed E-state index contributed by atoms with van der Waals surface area (Å²) in [5, 5.41) is 20.5. The van der Waals surface area contributed by atoms with Crippen LogP contribution in [0.3, 0.4) is 0 Å². The highest BCUT2D eigenvalue weighted by Crippen LogP contribution is 2.23. The van der Waals surface area contributed by atoms with Gasteiger partial charge in [0.05, 0.1) is 19.6 Å². The molecule has 3 N–H and O–H groups in total. The number of carboxylic acids is 1. The lowest BCUT2D eigenvalue weighted by Gasteiger charge is -2.08. The van der Waals surface area contributed by atoms with Gasteiger partial charge in [0, 0.05) is 30.4 Å². The van der Waals surface area contributed by atoms with Crippen LogP contribution in [0.15, 0.2) is 42.7 Å². The molecule has 0 bridgehead atoms. The van der Waals surface area contributed by atoms with Crippen LogP contribution in [0.5, 0.6) is 5.75 Å². The van der Waals surface area contributed by atoms with Crippen molar-refractivity contribution in [3.05, 3.63) is 54.1 Å². The van der Waals surface area contributed by atoms with E-state index in [9.17, 15) is 9.18 Å². The predicted octanol–water partition coefficient (Wildman–Crippen LogP) is 1.30. The van der Waals surface area contributed by atoms with Crippen LogP contribution in [0.1, 0.15) is 12.0 Å². The smallest absolute Gasteiger partial charge is 0.304 e. The molecular weight excluding hydrogens is 367 g/mol. The van der Waals surface area contributed by atoms with Gasteiger partial charge in [-0.25, -0.2) is 4.39 Å². The van der Waals surface area contributed by atoms with Crippen LogP contribution in [-0.4, -0.2) is 48.9 Å². The van der Waals surface area contributed by atoms with Gasteiger partial charge in [0.1, 0.15) is 0 Å². The van der Waals surface area contributed by atoms with E-state index in [-0.39, 0.29) is 24.5 Å². The maximum Gasteiger partial charge on any atom is 0.304 e. The first-order chi connectivity index (χ1) is 13.5. The zero-order valence-electron chi connectivity index (χ0n) is 14.9. The number of nitrogens with zero attached hydrogens (tertiary/aromatic N) is 5. The molecule has 146 valence electrons. The van der Waals surface area contributed by atoms with E-state index in [4.69, 9.17) is 15.6 Å². The normalized spacial score (nSPS) is 11.9. The van der Waals surface area contributed by atoms with Crippen LogP contribution in [0.25, 0.3) is 11.4 Å². The molecular formula is C18H19FN6O3. The molecule has 1 aromatic carbocycles. The van der Waals surface area contributed by atoms with Crippen LogP contribution in [-0.2, 0) is 17.8 Å². The SMILES string of the molecule is NC(CC(=O)O)Cn1nnc(-c2ccc(OCCc3ccncc3)c(F)c2)n1. The molecule has 10 heteroatoms. The molecule has 0 aliphatic heterocycles. The molecule has 3 rings (SSSR count). The Morgan fingerprint density at radius 1 is 1.29 bits per heavy atom. The summed E-state index contributed by atoms with van der Waals surface area (Å²) in [6, 6.07) is 7.51. The molecule has 0 aliphatic rings. The number of hydrogen-bond donors (Lipinski definition) is 2. The third-order valence-electron chi connectivity index (χ3n) is 3.88. The standard InChI is InChI=1S/C18H19FN6O3/c19-15-9-13(18-22-24-25(23-18)11-14(20)10-17(26)27)1-2-16(15)28-8-5-12-3-6-21-7-4-12/h1-4,6-7,9,14H,5,8,10-11,20H2,(H,26,27). The molecule has 2 aromatic heterocycles. The van der Waals surface area contributed by atoms with Crippen LogP contribution in [0.2, 0.25) is 0 Å². The van der Waals surface area contributed by atoms with Gasteiger partial charge >= 0.3 is 5.97 Å². The van der Waals surface area contributed by atoms with E-state index < -0.39 is 17.8 Å². The number of ether oxygens (including phenoxy) is 1. The Bertz CT molecular complexity index is 934. The molecule has 1 unspecified atom stereocenters. The zero-order chi connectivity index (χ0) is 19.9. The first-order valence-electron chi connectivity index (χ1n) is 8.58. The summed E-state index contributed by atoms with van der Waals surface area (Å²) < 4.78 is 19.8. The Morgan fingerprint density at radius 2 is 2.07 bits per heavy atom. The summed E-state index contributed by atoms with van der Waals surface area (Å²) in [5.41, 5.74) is 7.18. The van der Waals surface area contributed by atoms with Crippen molar-refractivity contribution in [2.45, 2.75) is 25.4 Å². The Hall–Kier alpha value is -3.40. The summed E-state index contributed by atoms with van der Waals surface area (Å²) in [5.74, 6) is -1.20. The van der Waals surface area contributed by atoms with Crippen molar-refractivity contribution in [1.29, 1.82) is 0 Å². The van der Waals surface area contributed by atoms with E-state index in [2.05, 4.69) is 20.4 Å². The number of carbonyl (C=O) groups is 1. The molecule has 28 heavy (non-hydrogen) atoms. The van der Waals surface area contributed by atoms with Gasteiger partial charge in [-0.05, 0) is 41.1 Å². The first kappa shape index (κ1) is 19.4. The van der Waals surface area contributed by atoms with Crippen LogP contribution in [0.4, 0.5) is 4.39 Å². The third-order valence-corrected chi connectivity index (χ3v) is 3.88. The number of tetrazole rings is 1. The molecule has 9 nitrogen and oxygen atoms in total. The van der Waals surface area contributed by atoms with Gasteiger partial charge in [0.2, 0.25) is 5.82 Å². The van der Waals surface area contributed by atoms with E-state index in [0.717, 1.165) is 5.56 Å². The number of aliphatic carboxylic acids is 1. The fraction of sp³-hybridized carbons (Fsp3) is 0.278. The lowest BCUT2D eigenvalue weighted by atomic mass is 10.2. The number of benzene rings is 1. The average molecular weight is 386 g/mol. The molecule has 2 heterocycles. The minimum Gasteiger partial charge on any atom is -0.490 e. The van der Waals surface area contributed by atoms with Gasteiger partial charge in [-0.1, -0.05) is 0 Å². The quantitative estimate of drug-likeness (QED) is 0.563. The first-order valence-corrected chi connectivity index (χ1v) is 8.58. The Labute approximate surface area is 160 Å². The molecule has 0 saturated carbocycles. The monoisotopic (exact) mass is 386 g/mol. The number of halogens is 1. The second-order valence-corrected chi connectivity index (χ2v) is 6.12. The van der Waals surface area contributed by atoms with E-state index in [1.54, 1.807) is 18.5 Å². The lowest BCUT2D eigenvalue weighted by Crippen LogP contribution is -2.30. The largest absolute Gasteiger partial charge is 0.490 e. The van der Waals surface area contributed by atoms with Crippen molar-refractivity contribution in [3.8, 4) is 17.1 Å². The maximum absolute atomic E-state index is 14.3. The highest BCUT2D eigenvalue weighted by atomic mass is 19.1. The molecule has 0 spiro atoms. The summed E-state index contributed by atoms with van der Waals surface area (Å²) in [6.45, 7) is 0.425. The van der Waals surface area contributed by atoms with Crippen LogP contribution < -0.4 is 10.5 Å². The number of hydrogen-bond acceptors (Lipinski definition) is 7. The molecule has 0 saturated heterocycles. The summed E-state index contributed by atoms with van der Waals surface area (Å²) >= 11 is 0. The molecule has 0 aliphatic carbocycles. The number of rotatable bonds is 9. The minimum atomic E-state index is -1.01. The van der Waals surface area contributed by atoms with Crippen molar-refractivity contribution in [3.63, 3.8) is 0 Å². The zero-order valence-corrected chi connectivity index (χ0v) is 14.9. The summed E-state index contributed by atoms with van der Waals surface area (Å²) in [6.07, 6.45) is 3.81. The second kappa shape index (κ2) is 9.00. The third kappa shape index (κ3) is 5.30. The Kier molecular flexibility index (Phi) is 6.22. The van der Waals surface area contributed by atoms with E-state index in [1.807, 2.05) is 12.1 Å². The average Bonchev–Trinajstić information content (AvgIpc) is 3.11. The van der Waals surface area contributed by atoms with E-state index in [1.165, 1.54) is 16.9 Å². The summed E-state index contributed by atoms with van der Waals surface area (Å²) in [4.78, 5) is 15.8. The molecule has 0 fully saturated rings. The van der Waals surface area contributed by atoms with Crippen molar-refractivity contribution < 1.29 is 19.0 Å². The Balaban J connectivity index is 1.60. The fourth-order valence-corrected chi connectivity index (χ4v) is 2.52. The molecule has 0 amide bonds.